The van der Waals surface area contributed by atoms with Gasteiger partial charge in [0.05, 0.1) is 12.6 Å². The molecule has 0 saturated carbocycles. The van der Waals surface area contributed by atoms with Crippen LogP contribution < -0.4 is 10.6 Å². The number of carbonyl (C=O) groups excluding carboxylic acids is 1. The molecule has 3 atom stereocenters. The van der Waals surface area contributed by atoms with Crippen molar-refractivity contribution in [1.82, 2.24) is 10.6 Å². The first-order valence-electron chi connectivity index (χ1n) is 6.57. The Bertz CT molecular complexity index is 244. The lowest BCUT2D eigenvalue weighted by Gasteiger charge is -2.29. The zero-order valence-electron chi connectivity index (χ0n) is 11.5. The fraction of sp³-hybridized carbons (Fsp3) is 0.923. The van der Waals surface area contributed by atoms with Gasteiger partial charge in [-0.25, -0.2) is 0 Å². The second-order valence-electron chi connectivity index (χ2n) is 5.39. The third-order valence-corrected chi connectivity index (χ3v) is 3.47. The highest BCUT2D eigenvalue weighted by atomic mass is 16.5. The molecule has 1 fully saturated rings. The van der Waals surface area contributed by atoms with Crippen LogP contribution in [0.4, 0.5) is 0 Å². The van der Waals surface area contributed by atoms with Crippen molar-refractivity contribution in [2.24, 2.45) is 11.8 Å². The fourth-order valence-corrected chi connectivity index (χ4v) is 2.25. The van der Waals surface area contributed by atoms with Crippen LogP contribution in [0.5, 0.6) is 0 Å². The smallest absolute Gasteiger partial charge is 0.223 e. The van der Waals surface area contributed by atoms with E-state index in [4.69, 9.17) is 4.74 Å². The predicted molar refractivity (Wildman–Crippen MR) is 68.8 cm³/mol. The van der Waals surface area contributed by atoms with Gasteiger partial charge in [0.2, 0.25) is 5.91 Å². The summed E-state index contributed by atoms with van der Waals surface area (Å²) in [5.41, 5.74) is 0. The van der Waals surface area contributed by atoms with Crippen LogP contribution >= 0.6 is 0 Å². The summed E-state index contributed by atoms with van der Waals surface area (Å²) in [5.74, 6) is 0.747. The molecule has 1 aliphatic rings. The van der Waals surface area contributed by atoms with Crippen LogP contribution in [0.3, 0.4) is 0 Å². The van der Waals surface area contributed by atoms with Crippen LogP contribution in [0.1, 0.15) is 33.6 Å². The molecular formula is C13H26N2O2. The first kappa shape index (κ1) is 14.5. The lowest BCUT2D eigenvalue weighted by molar-refractivity contribution is -0.127. The number of hydrogen-bond acceptors (Lipinski definition) is 3. The summed E-state index contributed by atoms with van der Waals surface area (Å²) < 4.78 is 5.15. The van der Waals surface area contributed by atoms with Gasteiger partial charge in [0, 0.05) is 19.1 Å². The number of ether oxygens (including phenoxy) is 1. The molecule has 0 aromatic carbocycles. The Hall–Kier alpha value is -0.610. The summed E-state index contributed by atoms with van der Waals surface area (Å²) in [6.07, 6.45) is 1.87. The van der Waals surface area contributed by atoms with E-state index in [1.807, 2.05) is 0 Å². The molecule has 0 aromatic heterocycles. The standard InChI is InChI=1S/C13H26N2O2/c1-9(2)12(8-17-4)15-13(16)11-5-6-14-10(3)7-11/h9-12,14H,5-8H2,1-4H3,(H,15,16). The van der Waals surface area contributed by atoms with Gasteiger partial charge in [-0.3, -0.25) is 4.79 Å². The van der Waals surface area contributed by atoms with Gasteiger partial charge in [0.15, 0.2) is 0 Å². The van der Waals surface area contributed by atoms with E-state index in [-0.39, 0.29) is 17.9 Å². The van der Waals surface area contributed by atoms with Gasteiger partial charge in [-0.2, -0.15) is 0 Å². The number of rotatable bonds is 5. The number of hydrogen-bond donors (Lipinski definition) is 2. The van der Waals surface area contributed by atoms with Gasteiger partial charge >= 0.3 is 0 Å². The van der Waals surface area contributed by atoms with E-state index in [9.17, 15) is 4.79 Å². The number of methoxy groups -OCH3 is 1. The third-order valence-electron chi connectivity index (χ3n) is 3.47. The lowest BCUT2D eigenvalue weighted by atomic mass is 9.92. The van der Waals surface area contributed by atoms with Crippen LogP contribution in [0.2, 0.25) is 0 Å². The van der Waals surface area contributed by atoms with Crippen molar-refractivity contribution in [3.05, 3.63) is 0 Å². The van der Waals surface area contributed by atoms with Gasteiger partial charge in [0.25, 0.3) is 0 Å². The first-order chi connectivity index (χ1) is 8.04. The summed E-state index contributed by atoms with van der Waals surface area (Å²) in [4.78, 5) is 12.1. The van der Waals surface area contributed by atoms with Crippen LogP contribution in [0.15, 0.2) is 0 Å². The first-order valence-corrected chi connectivity index (χ1v) is 6.57. The van der Waals surface area contributed by atoms with Gasteiger partial charge in [-0.05, 0) is 32.2 Å². The van der Waals surface area contributed by atoms with Crippen molar-refractivity contribution >= 4 is 5.91 Å². The highest BCUT2D eigenvalue weighted by Gasteiger charge is 2.26. The largest absolute Gasteiger partial charge is 0.383 e. The molecule has 1 aliphatic heterocycles. The quantitative estimate of drug-likeness (QED) is 0.760. The zero-order valence-corrected chi connectivity index (χ0v) is 11.5. The third kappa shape index (κ3) is 4.64. The second-order valence-corrected chi connectivity index (χ2v) is 5.39. The molecule has 1 amide bonds. The highest BCUT2D eigenvalue weighted by molar-refractivity contribution is 5.79. The van der Waals surface area contributed by atoms with E-state index >= 15 is 0 Å². The van der Waals surface area contributed by atoms with Gasteiger partial charge in [-0.1, -0.05) is 13.8 Å². The molecule has 100 valence electrons. The van der Waals surface area contributed by atoms with E-state index in [0.29, 0.717) is 18.6 Å². The maximum absolute atomic E-state index is 12.1. The highest BCUT2D eigenvalue weighted by Crippen LogP contribution is 2.16. The Morgan fingerprint density at radius 1 is 1.53 bits per heavy atom. The molecular weight excluding hydrogens is 216 g/mol. The minimum atomic E-state index is 0.123. The number of carbonyl (C=O) groups is 1. The summed E-state index contributed by atoms with van der Waals surface area (Å²) in [7, 11) is 1.67. The normalized spacial score (nSPS) is 26.9. The Balaban J connectivity index is 2.45. The van der Waals surface area contributed by atoms with E-state index in [1.165, 1.54) is 0 Å². The van der Waals surface area contributed by atoms with Crippen molar-refractivity contribution in [1.29, 1.82) is 0 Å². The van der Waals surface area contributed by atoms with Crippen LogP contribution in [0.25, 0.3) is 0 Å². The van der Waals surface area contributed by atoms with Gasteiger partial charge in [0.1, 0.15) is 0 Å². The molecule has 3 unspecified atom stereocenters. The maximum atomic E-state index is 12.1. The summed E-state index contributed by atoms with van der Waals surface area (Å²) >= 11 is 0. The molecule has 0 aromatic rings. The van der Waals surface area contributed by atoms with Crippen LogP contribution in [0, 0.1) is 11.8 Å². The monoisotopic (exact) mass is 242 g/mol. The Morgan fingerprint density at radius 3 is 2.76 bits per heavy atom. The molecule has 0 spiro atoms. The van der Waals surface area contributed by atoms with Gasteiger partial charge < -0.3 is 15.4 Å². The number of piperidine rings is 1. The van der Waals surface area contributed by atoms with E-state index < -0.39 is 0 Å². The van der Waals surface area contributed by atoms with E-state index in [0.717, 1.165) is 19.4 Å². The van der Waals surface area contributed by atoms with Gasteiger partial charge in [-0.15, -0.1) is 0 Å². The maximum Gasteiger partial charge on any atom is 0.223 e. The van der Waals surface area contributed by atoms with Crippen molar-refractivity contribution in [3.63, 3.8) is 0 Å². The van der Waals surface area contributed by atoms with Crippen molar-refractivity contribution in [2.75, 3.05) is 20.3 Å². The number of amides is 1. The molecule has 4 heteroatoms. The molecule has 1 heterocycles. The second kappa shape index (κ2) is 6.97. The van der Waals surface area contributed by atoms with Crippen molar-refractivity contribution in [3.8, 4) is 0 Å². The minimum Gasteiger partial charge on any atom is -0.383 e. The topological polar surface area (TPSA) is 50.4 Å². The molecule has 0 radical (unpaired) electrons. The molecule has 4 nitrogen and oxygen atoms in total. The molecule has 1 saturated heterocycles. The van der Waals surface area contributed by atoms with E-state index in [2.05, 4.69) is 31.4 Å². The Labute approximate surface area is 104 Å². The van der Waals surface area contributed by atoms with Crippen molar-refractivity contribution < 1.29 is 9.53 Å². The Kier molecular flexibility index (Phi) is 5.92. The summed E-state index contributed by atoms with van der Waals surface area (Å²) in [5, 5.41) is 6.48. The molecule has 17 heavy (non-hydrogen) atoms. The average Bonchev–Trinajstić information content (AvgIpc) is 2.28. The SMILES string of the molecule is COCC(NC(=O)C1CCNC(C)C1)C(C)C. The number of nitrogens with one attached hydrogen (secondary N) is 2. The van der Waals surface area contributed by atoms with E-state index in [1.54, 1.807) is 7.11 Å². The fourth-order valence-electron chi connectivity index (χ4n) is 2.25. The average molecular weight is 242 g/mol. The summed E-state index contributed by atoms with van der Waals surface area (Å²) in [6, 6.07) is 0.567. The molecule has 0 bridgehead atoms. The summed E-state index contributed by atoms with van der Waals surface area (Å²) in [6.45, 7) is 7.87. The van der Waals surface area contributed by atoms with Crippen molar-refractivity contribution in [2.45, 2.75) is 45.7 Å². The predicted octanol–water partition coefficient (Wildman–Crippen LogP) is 1.16. The molecule has 1 rings (SSSR count). The van der Waals surface area contributed by atoms with Crippen LogP contribution in [-0.2, 0) is 9.53 Å². The molecule has 0 aliphatic carbocycles. The Morgan fingerprint density at radius 2 is 2.24 bits per heavy atom. The minimum absolute atomic E-state index is 0.123. The molecule has 2 N–H and O–H groups in total. The van der Waals surface area contributed by atoms with Crippen LogP contribution in [-0.4, -0.2) is 38.3 Å². The zero-order chi connectivity index (χ0) is 12.8. The lowest BCUT2D eigenvalue weighted by Crippen LogP contribution is -2.48.